The zero-order valence-electron chi connectivity index (χ0n) is 14.4. The summed E-state index contributed by atoms with van der Waals surface area (Å²) in [6.45, 7) is 6.64. The summed E-state index contributed by atoms with van der Waals surface area (Å²) in [5.74, 6) is 0. The van der Waals surface area contributed by atoms with E-state index in [9.17, 15) is 5.11 Å². The van der Waals surface area contributed by atoms with Gasteiger partial charge in [-0.2, -0.15) is 5.10 Å². The van der Waals surface area contributed by atoms with Gasteiger partial charge in [0.15, 0.2) is 0 Å². The lowest BCUT2D eigenvalue weighted by atomic mass is 10.1. The second-order valence-electron chi connectivity index (χ2n) is 6.97. The van der Waals surface area contributed by atoms with Gasteiger partial charge in [0.05, 0.1) is 12.3 Å². The van der Waals surface area contributed by atoms with Crippen molar-refractivity contribution in [1.82, 2.24) is 19.6 Å². The minimum Gasteiger partial charge on any atom is -0.390 e. The van der Waals surface area contributed by atoms with Crippen LogP contribution < -0.4 is 0 Å². The zero-order valence-corrected chi connectivity index (χ0v) is 15.2. The van der Waals surface area contributed by atoms with E-state index >= 15 is 0 Å². The van der Waals surface area contributed by atoms with Crippen LogP contribution in [0.2, 0.25) is 0 Å². The van der Waals surface area contributed by atoms with Crippen LogP contribution in [0.3, 0.4) is 0 Å². The summed E-state index contributed by atoms with van der Waals surface area (Å²) >= 11 is 1.96. The van der Waals surface area contributed by atoms with Gasteiger partial charge in [0.1, 0.15) is 0 Å². The lowest BCUT2D eigenvalue weighted by Crippen LogP contribution is -2.30. The van der Waals surface area contributed by atoms with Gasteiger partial charge in [0.25, 0.3) is 0 Å². The van der Waals surface area contributed by atoms with Gasteiger partial charge in [0.2, 0.25) is 0 Å². The Kier molecular flexibility index (Phi) is 4.72. The van der Waals surface area contributed by atoms with Gasteiger partial charge < -0.3 is 5.11 Å². The van der Waals surface area contributed by atoms with Crippen LogP contribution in [0.4, 0.5) is 0 Å². The minimum absolute atomic E-state index is 0.0377. The van der Waals surface area contributed by atoms with Crippen molar-refractivity contribution in [3.8, 4) is 0 Å². The fraction of sp³-hybridized carbons (Fsp3) is 0.611. The summed E-state index contributed by atoms with van der Waals surface area (Å²) < 4.78 is 1.94. The maximum absolute atomic E-state index is 9.53. The first-order chi connectivity index (χ1) is 11.7. The number of likely N-dealkylation sites (tertiary alicyclic amines) is 1. The summed E-state index contributed by atoms with van der Waals surface area (Å²) in [5, 5.41) is 14.0. The Morgan fingerprint density at radius 2 is 1.79 bits per heavy atom. The van der Waals surface area contributed by atoms with Gasteiger partial charge in [-0.25, -0.2) is 0 Å². The number of fused-ring (bicyclic) bond motifs is 1. The Morgan fingerprint density at radius 3 is 2.50 bits per heavy atom. The fourth-order valence-electron chi connectivity index (χ4n) is 3.96. The molecule has 0 spiro atoms. The molecular weight excluding hydrogens is 320 g/mol. The van der Waals surface area contributed by atoms with Gasteiger partial charge in [-0.05, 0) is 38.1 Å². The number of aliphatic hydroxyl groups excluding tert-OH is 1. The highest BCUT2D eigenvalue weighted by Gasteiger charge is 2.24. The Bertz CT molecular complexity index is 702. The van der Waals surface area contributed by atoms with Gasteiger partial charge in [-0.1, -0.05) is 0 Å². The van der Waals surface area contributed by atoms with E-state index in [0.717, 1.165) is 38.3 Å². The molecule has 0 radical (unpaired) electrons. The first-order valence-corrected chi connectivity index (χ1v) is 9.71. The Labute approximate surface area is 147 Å². The van der Waals surface area contributed by atoms with Crippen LogP contribution in [0.1, 0.15) is 39.5 Å². The molecule has 0 saturated carbocycles. The fourth-order valence-corrected chi connectivity index (χ4v) is 5.06. The molecule has 4 rings (SSSR count). The van der Waals surface area contributed by atoms with E-state index in [1.165, 1.54) is 46.9 Å². The van der Waals surface area contributed by atoms with E-state index in [0.29, 0.717) is 0 Å². The minimum atomic E-state index is 0.0377. The molecule has 0 atom stereocenters. The lowest BCUT2D eigenvalue weighted by Gasteiger charge is -2.27. The maximum atomic E-state index is 9.53. The molecule has 2 aromatic heterocycles. The topological polar surface area (TPSA) is 44.5 Å². The third-order valence-corrected chi connectivity index (χ3v) is 6.28. The van der Waals surface area contributed by atoms with Gasteiger partial charge >= 0.3 is 0 Å². The quantitative estimate of drug-likeness (QED) is 0.901. The van der Waals surface area contributed by atoms with E-state index in [-0.39, 0.29) is 6.61 Å². The van der Waals surface area contributed by atoms with Crippen LogP contribution in [-0.4, -0.2) is 44.3 Å². The van der Waals surface area contributed by atoms with Crippen molar-refractivity contribution in [3.05, 3.63) is 38.8 Å². The van der Waals surface area contributed by atoms with E-state index in [1.807, 2.05) is 23.1 Å². The number of aliphatic hydroxyl groups is 1. The number of hydrogen-bond acceptors (Lipinski definition) is 5. The first kappa shape index (κ1) is 16.3. The van der Waals surface area contributed by atoms with Crippen molar-refractivity contribution >= 4 is 11.3 Å². The van der Waals surface area contributed by atoms with Gasteiger partial charge in [0, 0.05) is 60.7 Å². The summed E-state index contributed by atoms with van der Waals surface area (Å²) in [5.41, 5.74) is 3.37. The van der Waals surface area contributed by atoms with Crippen molar-refractivity contribution in [2.24, 2.45) is 7.05 Å². The molecule has 5 nitrogen and oxygen atoms in total. The van der Waals surface area contributed by atoms with Crippen LogP contribution in [0, 0.1) is 0 Å². The first-order valence-electron chi connectivity index (χ1n) is 8.89. The third-order valence-electron chi connectivity index (χ3n) is 5.23. The molecular formula is C18H26N4OS. The monoisotopic (exact) mass is 346 g/mol. The Morgan fingerprint density at radius 1 is 1.08 bits per heavy atom. The van der Waals surface area contributed by atoms with Crippen molar-refractivity contribution < 1.29 is 5.11 Å². The highest BCUT2D eigenvalue weighted by atomic mass is 32.1. The molecule has 4 heterocycles. The van der Waals surface area contributed by atoms with Crippen LogP contribution in [-0.2, 0) is 39.7 Å². The predicted molar refractivity (Wildman–Crippen MR) is 95.8 cm³/mol. The number of nitrogens with zero attached hydrogens (tertiary/aromatic N) is 4. The Hall–Kier alpha value is -1.21. The van der Waals surface area contributed by atoms with Crippen molar-refractivity contribution in [2.75, 3.05) is 19.6 Å². The summed E-state index contributed by atoms with van der Waals surface area (Å²) in [4.78, 5) is 7.98. The highest BCUT2D eigenvalue weighted by Crippen LogP contribution is 2.26. The van der Waals surface area contributed by atoms with Crippen LogP contribution in [0.5, 0.6) is 0 Å². The Balaban J connectivity index is 1.40. The standard InChI is InChI=1S/C18H26N4OS/c1-20-18-6-9-22(12-16(18)17(13-23)19-20)11-15-5-4-14(24-15)10-21-7-2-3-8-21/h4-5,23H,2-3,6-13H2,1H3. The second kappa shape index (κ2) is 6.96. The third kappa shape index (κ3) is 3.28. The molecule has 24 heavy (non-hydrogen) atoms. The molecule has 2 aliphatic rings. The average molecular weight is 347 g/mol. The van der Waals surface area contributed by atoms with E-state index in [4.69, 9.17) is 0 Å². The molecule has 0 amide bonds. The number of aromatic nitrogens is 2. The molecule has 1 fully saturated rings. The smallest absolute Gasteiger partial charge is 0.0926 e. The van der Waals surface area contributed by atoms with Gasteiger partial charge in [-0.15, -0.1) is 11.3 Å². The van der Waals surface area contributed by atoms with Crippen LogP contribution >= 0.6 is 11.3 Å². The largest absolute Gasteiger partial charge is 0.390 e. The van der Waals surface area contributed by atoms with E-state index in [2.05, 4.69) is 27.0 Å². The number of rotatable bonds is 5. The number of hydrogen-bond donors (Lipinski definition) is 1. The molecule has 0 bridgehead atoms. The van der Waals surface area contributed by atoms with E-state index < -0.39 is 0 Å². The second-order valence-corrected chi connectivity index (χ2v) is 8.22. The van der Waals surface area contributed by atoms with Crippen molar-refractivity contribution in [2.45, 2.75) is 45.5 Å². The van der Waals surface area contributed by atoms with Crippen LogP contribution in [0.25, 0.3) is 0 Å². The molecule has 0 aromatic carbocycles. The number of aryl methyl sites for hydroxylation is 1. The van der Waals surface area contributed by atoms with Crippen molar-refractivity contribution in [3.63, 3.8) is 0 Å². The molecule has 1 saturated heterocycles. The zero-order chi connectivity index (χ0) is 16.5. The SMILES string of the molecule is Cn1nc(CO)c2c1CCN(Cc1ccc(CN3CCCC3)s1)C2. The summed E-state index contributed by atoms with van der Waals surface area (Å²) in [6.07, 6.45) is 3.73. The molecule has 130 valence electrons. The number of thiophene rings is 1. The normalized spacial score (nSPS) is 19.1. The molecule has 2 aliphatic heterocycles. The molecule has 6 heteroatoms. The maximum Gasteiger partial charge on any atom is 0.0926 e. The van der Waals surface area contributed by atoms with E-state index in [1.54, 1.807) is 0 Å². The molecule has 2 aromatic rings. The van der Waals surface area contributed by atoms with Crippen LogP contribution in [0.15, 0.2) is 12.1 Å². The predicted octanol–water partition coefficient (Wildman–Crippen LogP) is 2.13. The summed E-state index contributed by atoms with van der Waals surface area (Å²) in [7, 11) is 1.98. The van der Waals surface area contributed by atoms with Gasteiger partial charge in [-0.3, -0.25) is 14.5 Å². The lowest BCUT2D eigenvalue weighted by molar-refractivity contribution is 0.238. The average Bonchev–Trinajstić information content (AvgIpc) is 3.30. The molecule has 0 unspecified atom stereocenters. The summed E-state index contributed by atoms with van der Waals surface area (Å²) in [6, 6.07) is 4.60. The molecule has 1 N–H and O–H groups in total. The molecule has 0 aliphatic carbocycles. The van der Waals surface area contributed by atoms with Crippen molar-refractivity contribution in [1.29, 1.82) is 0 Å². The highest BCUT2D eigenvalue weighted by molar-refractivity contribution is 7.11.